The Morgan fingerprint density at radius 2 is 2.00 bits per heavy atom. The summed E-state index contributed by atoms with van der Waals surface area (Å²) < 4.78 is 0.833. The summed E-state index contributed by atoms with van der Waals surface area (Å²) in [5.74, 6) is 0. The molecule has 0 saturated heterocycles. The average Bonchev–Trinajstić information content (AvgIpc) is 2.23. The second kappa shape index (κ2) is 4.11. The first-order valence-corrected chi connectivity index (χ1v) is 4.95. The van der Waals surface area contributed by atoms with Crippen LogP contribution in [0.25, 0.3) is 0 Å². The van der Waals surface area contributed by atoms with Gasteiger partial charge in [0.15, 0.2) is 6.20 Å². The van der Waals surface area contributed by atoms with Gasteiger partial charge in [-0.3, -0.25) is 0 Å². The van der Waals surface area contributed by atoms with Gasteiger partial charge >= 0.3 is 0 Å². The molecule has 0 aliphatic carbocycles. The van der Waals surface area contributed by atoms with Crippen LogP contribution in [0, 0.1) is 5.21 Å². The topological polar surface area (TPSA) is 39.8 Å². The van der Waals surface area contributed by atoms with E-state index in [4.69, 9.17) is 0 Å². The Labute approximate surface area is 86.0 Å². The van der Waals surface area contributed by atoms with Gasteiger partial charge in [-0.1, -0.05) is 6.07 Å². The van der Waals surface area contributed by atoms with Crippen molar-refractivity contribution in [3.63, 3.8) is 0 Å². The molecule has 0 amide bonds. The molecule has 0 spiro atoms. The van der Waals surface area contributed by atoms with Crippen molar-refractivity contribution in [2.75, 3.05) is 0 Å². The summed E-state index contributed by atoms with van der Waals surface area (Å²) in [4.78, 5) is 4.13. The van der Waals surface area contributed by atoms with Gasteiger partial charge in [0.1, 0.15) is 5.03 Å². The fourth-order valence-corrected chi connectivity index (χ4v) is 1.78. The van der Waals surface area contributed by atoms with E-state index in [1.54, 1.807) is 18.3 Å². The van der Waals surface area contributed by atoms with Crippen LogP contribution in [0.5, 0.6) is 0 Å². The Bertz CT molecular complexity index is 419. The van der Waals surface area contributed by atoms with Crippen LogP contribution in [0.15, 0.2) is 58.8 Å². The highest BCUT2D eigenvalue weighted by molar-refractivity contribution is 7.99. The van der Waals surface area contributed by atoms with Crippen molar-refractivity contribution in [3.8, 4) is 0 Å². The van der Waals surface area contributed by atoms with Crippen LogP contribution >= 0.6 is 11.8 Å². The summed E-state index contributed by atoms with van der Waals surface area (Å²) in [6.07, 6.45) is 3.19. The number of aromatic nitrogens is 2. The van der Waals surface area contributed by atoms with Gasteiger partial charge in [0.05, 0.1) is 0 Å². The van der Waals surface area contributed by atoms with Crippen LogP contribution in [0.2, 0.25) is 0 Å². The van der Waals surface area contributed by atoms with Crippen molar-refractivity contribution in [2.45, 2.75) is 10.1 Å². The normalized spacial score (nSPS) is 10.0. The lowest BCUT2D eigenvalue weighted by Crippen LogP contribution is -2.27. The smallest absolute Gasteiger partial charge is 0.257 e. The van der Waals surface area contributed by atoms with E-state index in [0.29, 0.717) is 5.03 Å². The Kier molecular flexibility index (Phi) is 2.65. The molecule has 2 aromatic heterocycles. The van der Waals surface area contributed by atoms with Gasteiger partial charge < -0.3 is 5.21 Å². The summed E-state index contributed by atoms with van der Waals surface area (Å²) in [6.45, 7) is 0. The van der Waals surface area contributed by atoms with E-state index in [0.717, 1.165) is 9.76 Å². The maximum absolute atomic E-state index is 11.3. The number of hydrogen-bond donors (Lipinski definition) is 0. The molecule has 3 nitrogen and oxygen atoms in total. The van der Waals surface area contributed by atoms with Gasteiger partial charge in [0.2, 0.25) is 0 Å². The fourth-order valence-electron chi connectivity index (χ4n) is 1.01. The lowest BCUT2D eigenvalue weighted by molar-refractivity contribution is -0.645. The number of nitrogens with zero attached hydrogens (tertiary/aromatic N) is 2. The van der Waals surface area contributed by atoms with E-state index in [9.17, 15) is 5.21 Å². The standard InChI is InChI=1S/C10H8N2OS/c13-12-8-4-2-6-10(12)14-9-5-1-3-7-11-9/h1-8H. The lowest BCUT2D eigenvalue weighted by atomic mass is 10.5. The van der Waals surface area contributed by atoms with Gasteiger partial charge in [-0.25, -0.2) is 4.98 Å². The zero-order valence-corrected chi connectivity index (χ0v) is 8.15. The quantitative estimate of drug-likeness (QED) is 0.553. The van der Waals surface area contributed by atoms with Crippen molar-refractivity contribution >= 4 is 11.8 Å². The van der Waals surface area contributed by atoms with Crippen molar-refractivity contribution in [1.29, 1.82) is 0 Å². The summed E-state index contributed by atoms with van der Waals surface area (Å²) in [5, 5.41) is 12.7. The van der Waals surface area contributed by atoms with Crippen LogP contribution in [0.4, 0.5) is 0 Å². The predicted molar refractivity (Wildman–Crippen MR) is 53.8 cm³/mol. The molecule has 2 aromatic rings. The predicted octanol–water partition coefficient (Wildman–Crippen LogP) is 1.87. The number of rotatable bonds is 2. The zero-order chi connectivity index (χ0) is 9.80. The summed E-state index contributed by atoms with van der Waals surface area (Å²) >= 11 is 1.35. The third-order valence-electron chi connectivity index (χ3n) is 1.64. The molecule has 2 heterocycles. The van der Waals surface area contributed by atoms with Gasteiger partial charge in [-0.15, -0.1) is 0 Å². The van der Waals surface area contributed by atoms with Crippen LogP contribution < -0.4 is 4.73 Å². The van der Waals surface area contributed by atoms with E-state index >= 15 is 0 Å². The molecular formula is C10H8N2OS. The Hall–Kier alpha value is -1.55. The Morgan fingerprint density at radius 1 is 1.14 bits per heavy atom. The van der Waals surface area contributed by atoms with Crippen molar-refractivity contribution in [1.82, 2.24) is 4.98 Å². The molecule has 0 aliphatic heterocycles. The highest BCUT2D eigenvalue weighted by Gasteiger charge is 2.05. The number of hydrogen-bond acceptors (Lipinski definition) is 3. The van der Waals surface area contributed by atoms with Gasteiger partial charge in [-0.2, -0.15) is 4.73 Å². The molecule has 0 N–H and O–H groups in total. The minimum atomic E-state index is 0.631. The summed E-state index contributed by atoms with van der Waals surface area (Å²) in [7, 11) is 0. The van der Waals surface area contributed by atoms with Gasteiger partial charge in [-0.05, 0) is 18.2 Å². The summed E-state index contributed by atoms with van der Waals surface area (Å²) in [6, 6.07) is 10.9. The first-order chi connectivity index (χ1) is 6.86. The monoisotopic (exact) mass is 204 g/mol. The van der Waals surface area contributed by atoms with Crippen LogP contribution in [-0.2, 0) is 0 Å². The SMILES string of the molecule is [O-][n+]1ccccc1Sc1ccccn1. The van der Waals surface area contributed by atoms with Crippen molar-refractivity contribution in [2.24, 2.45) is 0 Å². The molecule has 70 valence electrons. The second-order valence-corrected chi connectivity index (χ2v) is 3.68. The summed E-state index contributed by atoms with van der Waals surface area (Å²) in [5.41, 5.74) is 0. The molecule has 0 bridgehead atoms. The zero-order valence-electron chi connectivity index (χ0n) is 7.33. The largest absolute Gasteiger partial charge is 0.618 e. The maximum Gasteiger partial charge on any atom is 0.257 e. The van der Waals surface area contributed by atoms with Crippen LogP contribution in [0.3, 0.4) is 0 Å². The molecule has 4 heteroatoms. The Balaban J connectivity index is 2.24. The van der Waals surface area contributed by atoms with Gasteiger partial charge in [0.25, 0.3) is 5.03 Å². The third-order valence-corrected chi connectivity index (χ3v) is 2.61. The molecule has 0 aliphatic rings. The minimum absolute atomic E-state index is 0.631. The van der Waals surface area contributed by atoms with Crippen LogP contribution in [-0.4, -0.2) is 4.98 Å². The molecule has 0 saturated carbocycles. The molecule has 0 fully saturated rings. The average molecular weight is 204 g/mol. The van der Waals surface area contributed by atoms with E-state index in [1.807, 2.05) is 24.3 Å². The van der Waals surface area contributed by atoms with Crippen LogP contribution in [0.1, 0.15) is 0 Å². The highest BCUT2D eigenvalue weighted by Crippen LogP contribution is 2.21. The Morgan fingerprint density at radius 3 is 2.71 bits per heavy atom. The highest BCUT2D eigenvalue weighted by atomic mass is 32.2. The first kappa shape index (κ1) is 9.02. The minimum Gasteiger partial charge on any atom is -0.618 e. The molecule has 14 heavy (non-hydrogen) atoms. The van der Waals surface area contributed by atoms with Crippen molar-refractivity contribution < 1.29 is 4.73 Å². The van der Waals surface area contributed by atoms with E-state index in [2.05, 4.69) is 4.98 Å². The second-order valence-electron chi connectivity index (χ2n) is 2.63. The molecule has 0 aromatic carbocycles. The maximum atomic E-state index is 11.3. The fraction of sp³-hybridized carbons (Fsp3) is 0. The molecule has 0 unspecified atom stereocenters. The van der Waals surface area contributed by atoms with Gasteiger partial charge in [0, 0.05) is 30.1 Å². The molecule has 0 radical (unpaired) electrons. The first-order valence-electron chi connectivity index (χ1n) is 4.13. The molecular weight excluding hydrogens is 196 g/mol. The molecule has 0 atom stereocenters. The van der Waals surface area contributed by atoms with Crippen molar-refractivity contribution in [3.05, 3.63) is 54.0 Å². The van der Waals surface area contributed by atoms with E-state index < -0.39 is 0 Å². The lowest BCUT2D eigenvalue weighted by Gasteiger charge is -2.01. The van der Waals surface area contributed by atoms with E-state index in [-0.39, 0.29) is 0 Å². The third kappa shape index (κ3) is 2.03. The van der Waals surface area contributed by atoms with E-state index in [1.165, 1.54) is 18.0 Å². The number of pyridine rings is 2. The molecule has 2 rings (SSSR count).